The second kappa shape index (κ2) is 6.78. The van der Waals surface area contributed by atoms with Crippen LogP contribution in [0.3, 0.4) is 0 Å². The van der Waals surface area contributed by atoms with Crippen LogP contribution in [-0.2, 0) is 0 Å². The lowest BCUT2D eigenvalue weighted by atomic mass is 10.1. The van der Waals surface area contributed by atoms with Crippen LogP contribution in [0, 0.1) is 22.9 Å². The van der Waals surface area contributed by atoms with Gasteiger partial charge in [0.05, 0.1) is 16.2 Å². The van der Waals surface area contributed by atoms with Gasteiger partial charge in [0, 0.05) is 17.2 Å². The van der Waals surface area contributed by atoms with E-state index in [2.05, 4.69) is 10.5 Å². The van der Waals surface area contributed by atoms with E-state index in [9.17, 15) is 19.3 Å². The predicted molar refractivity (Wildman–Crippen MR) is 83.9 cm³/mol. The Balaban J connectivity index is 2.21. The van der Waals surface area contributed by atoms with Crippen molar-refractivity contribution in [2.75, 3.05) is 0 Å². The van der Waals surface area contributed by atoms with E-state index in [-0.39, 0.29) is 11.3 Å². The summed E-state index contributed by atoms with van der Waals surface area (Å²) in [5.41, 5.74) is 3.48. The molecule has 1 N–H and O–H groups in total. The van der Waals surface area contributed by atoms with Crippen molar-refractivity contribution in [1.29, 1.82) is 0 Å². The van der Waals surface area contributed by atoms with Crippen molar-refractivity contribution in [2.45, 2.75) is 13.8 Å². The smallest absolute Gasteiger partial charge is 0.267 e. The number of nitro groups is 1. The molecule has 0 radical (unpaired) electrons. The Morgan fingerprint density at radius 2 is 1.96 bits per heavy atom. The van der Waals surface area contributed by atoms with Gasteiger partial charge < -0.3 is 0 Å². The highest BCUT2D eigenvalue weighted by molar-refractivity contribution is 6.01. The van der Waals surface area contributed by atoms with Crippen molar-refractivity contribution in [3.63, 3.8) is 0 Å². The molecule has 0 saturated carbocycles. The Morgan fingerprint density at radius 1 is 1.26 bits per heavy atom. The van der Waals surface area contributed by atoms with Gasteiger partial charge in [0.25, 0.3) is 11.6 Å². The number of halogens is 1. The highest BCUT2D eigenvalue weighted by atomic mass is 19.1. The average molecular weight is 315 g/mol. The number of carbonyl (C=O) groups is 1. The predicted octanol–water partition coefficient (Wildman–Crippen LogP) is 3.20. The fourth-order valence-corrected chi connectivity index (χ4v) is 1.94. The van der Waals surface area contributed by atoms with E-state index in [4.69, 9.17) is 0 Å². The van der Waals surface area contributed by atoms with Gasteiger partial charge in [0.1, 0.15) is 5.82 Å². The molecule has 0 aliphatic carbocycles. The molecule has 0 aliphatic heterocycles. The van der Waals surface area contributed by atoms with Gasteiger partial charge in [-0.1, -0.05) is 24.3 Å². The standard InChI is InChI=1S/C16H14FN3O3/c1-10-7-8-12(9-15(10)20(22)23)11(2)18-19-16(21)13-5-3-4-6-14(13)17/h3-9H,1-2H3,(H,19,21)/b18-11-. The van der Waals surface area contributed by atoms with Gasteiger partial charge in [0.15, 0.2) is 0 Å². The molecule has 0 saturated heterocycles. The Bertz CT molecular complexity index is 803. The summed E-state index contributed by atoms with van der Waals surface area (Å²) < 4.78 is 13.5. The molecule has 0 fully saturated rings. The van der Waals surface area contributed by atoms with Crippen LogP contribution in [0.5, 0.6) is 0 Å². The maximum Gasteiger partial charge on any atom is 0.274 e. The summed E-state index contributed by atoms with van der Waals surface area (Å²) in [5, 5.41) is 14.8. The van der Waals surface area contributed by atoms with Crippen LogP contribution < -0.4 is 5.43 Å². The summed E-state index contributed by atoms with van der Waals surface area (Å²) in [5.74, 6) is -1.34. The third-order valence-corrected chi connectivity index (χ3v) is 3.27. The van der Waals surface area contributed by atoms with Crippen LogP contribution in [0.1, 0.15) is 28.4 Å². The van der Waals surface area contributed by atoms with E-state index >= 15 is 0 Å². The summed E-state index contributed by atoms with van der Waals surface area (Å²) in [4.78, 5) is 22.3. The topological polar surface area (TPSA) is 84.6 Å². The lowest BCUT2D eigenvalue weighted by Crippen LogP contribution is -2.20. The Hall–Kier alpha value is -3.09. The molecule has 6 nitrogen and oxygen atoms in total. The van der Waals surface area contributed by atoms with Gasteiger partial charge in [-0.25, -0.2) is 9.82 Å². The zero-order valence-corrected chi connectivity index (χ0v) is 12.5. The summed E-state index contributed by atoms with van der Waals surface area (Å²) in [6.07, 6.45) is 0. The maximum absolute atomic E-state index is 13.5. The van der Waals surface area contributed by atoms with Crippen molar-refractivity contribution in [2.24, 2.45) is 5.10 Å². The van der Waals surface area contributed by atoms with E-state index in [0.29, 0.717) is 16.8 Å². The molecule has 2 aromatic rings. The molecule has 2 aromatic carbocycles. The zero-order chi connectivity index (χ0) is 17.0. The van der Waals surface area contributed by atoms with Gasteiger partial charge in [-0.2, -0.15) is 5.10 Å². The number of nitrogens with one attached hydrogen (secondary N) is 1. The first-order valence-corrected chi connectivity index (χ1v) is 6.74. The summed E-state index contributed by atoms with van der Waals surface area (Å²) in [6.45, 7) is 3.23. The molecule has 1 amide bonds. The molecule has 2 rings (SSSR count). The highest BCUT2D eigenvalue weighted by Crippen LogP contribution is 2.19. The number of aryl methyl sites for hydroxylation is 1. The van der Waals surface area contributed by atoms with Gasteiger partial charge in [-0.05, 0) is 26.0 Å². The molecule has 0 unspecified atom stereocenters. The van der Waals surface area contributed by atoms with Gasteiger partial charge >= 0.3 is 0 Å². The summed E-state index contributed by atoms with van der Waals surface area (Å²) in [6, 6.07) is 10.2. The van der Waals surface area contributed by atoms with Crippen LogP contribution in [0.2, 0.25) is 0 Å². The number of amides is 1. The van der Waals surface area contributed by atoms with Crippen molar-refractivity contribution in [1.82, 2.24) is 5.43 Å². The number of hydrogen-bond acceptors (Lipinski definition) is 4. The minimum Gasteiger partial charge on any atom is -0.267 e. The average Bonchev–Trinajstić information content (AvgIpc) is 2.52. The summed E-state index contributed by atoms with van der Waals surface area (Å²) >= 11 is 0. The SMILES string of the molecule is C/C(=N/NC(=O)c1ccccc1F)c1ccc(C)c([N+](=O)[O-])c1. The fraction of sp³-hybridized carbons (Fsp3) is 0.125. The van der Waals surface area contributed by atoms with E-state index in [0.717, 1.165) is 0 Å². The largest absolute Gasteiger partial charge is 0.274 e. The first-order chi connectivity index (χ1) is 10.9. The van der Waals surface area contributed by atoms with Crippen molar-refractivity contribution in [3.05, 3.63) is 75.1 Å². The zero-order valence-electron chi connectivity index (χ0n) is 12.5. The van der Waals surface area contributed by atoms with Crippen molar-refractivity contribution >= 4 is 17.3 Å². The molecule has 0 bridgehead atoms. The molecule has 0 atom stereocenters. The number of nitrogens with zero attached hydrogens (tertiary/aromatic N) is 2. The third-order valence-electron chi connectivity index (χ3n) is 3.27. The lowest BCUT2D eigenvalue weighted by Gasteiger charge is -2.05. The highest BCUT2D eigenvalue weighted by Gasteiger charge is 2.13. The first kappa shape index (κ1) is 16.3. The fourth-order valence-electron chi connectivity index (χ4n) is 1.94. The molecular weight excluding hydrogens is 301 g/mol. The van der Waals surface area contributed by atoms with Gasteiger partial charge in [-0.3, -0.25) is 14.9 Å². The molecule has 23 heavy (non-hydrogen) atoms. The van der Waals surface area contributed by atoms with Crippen molar-refractivity contribution < 1.29 is 14.1 Å². The molecule has 7 heteroatoms. The number of nitro benzene ring substituents is 1. The van der Waals surface area contributed by atoms with Crippen LogP contribution in [0.15, 0.2) is 47.6 Å². The number of rotatable bonds is 4. The van der Waals surface area contributed by atoms with Crippen molar-refractivity contribution in [3.8, 4) is 0 Å². The normalized spacial score (nSPS) is 11.2. The minimum atomic E-state index is -0.691. The molecule has 0 heterocycles. The second-order valence-corrected chi connectivity index (χ2v) is 4.88. The monoisotopic (exact) mass is 315 g/mol. The van der Waals surface area contributed by atoms with E-state index in [1.54, 1.807) is 26.0 Å². The number of hydrogen-bond donors (Lipinski definition) is 1. The molecule has 0 aliphatic rings. The first-order valence-electron chi connectivity index (χ1n) is 6.74. The van der Waals surface area contributed by atoms with E-state index in [1.807, 2.05) is 0 Å². The van der Waals surface area contributed by atoms with Gasteiger partial charge in [0.2, 0.25) is 0 Å². The Kier molecular flexibility index (Phi) is 4.80. The lowest BCUT2D eigenvalue weighted by molar-refractivity contribution is -0.385. The minimum absolute atomic E-state index is 0.0301. The Morgan fingerprint density at radius 3 is 2.61 bits per heavy atom. The number of carbonyl (C=O) groups excluding carboxylic acids is 1. The third kappa shape index (κ3) is 3.76. The van der Waals surface area contributed by atoms with E-state index in [1.165, 1.54) is 30.3 Å². The van der Waals surface area contributed by atoms with E-state index < -0.39 is 16.6 Å². The quantitative estimate of drug-likeness (QED) is 0.534. The molecule has 0 aromatic heterocycles. The maximum atomic E-state index is 13.5. The van der Waals surface area contributed by atoms with Crippen LogP contribution in [0.25, 0.3) is 0 Å². The van der Waals surface area contributed by atoms with Crippen LogP contribution in [0.4, 0.5) is 10.1 Å². The van der Waals surface area contributed by atoms with Gasteiger partial charge in [-0.15, -0.1) is 0 Å². The van der Waals surface area contributed by atoms with Crippen LogP contribution in [-0.4, -0.2) is 16.5 Å². The molecule has 118 valence electrons. The second-order valence-electron chi connectivity index (χ2n) is 4.88. The number of benzene rings is 2. The molecular formula is C16H14FN3O3. The molecule has 0 spiro atoms. The van der Waals surface area contributed by atoms with Crippen LogP contribution >= 0.6 is 0 Å². The Labute approximate surface area is 131 Å². The number of hydrazone groups is 1. The summed E-state index contributed by atoms with van der Waals surface area (Å²) in [7, 11) is 0.